The van der Waals surface area contributed by atoms with Gasteiger partial charge in [0.15, 0.2) is 0 Å². The first-order valence-electron chi connectivity index (χ1n) is 9.83. The highest BCUT2D eigenvalue weighted by Gasteiger charge is 2.90. The van der Waals surface area contributed by atoms with Crippen molar-refractivity contribution in [3.8, 4) is 0 Å². The van der Waals surface area contributed by atoms with Crippen LogP contribution in [-0.4, -0.2) is 57.2 Å². The smallest absolute Gasteiger partial charge is 0.0679 e. The van der Waals surface area contributed by atoms with E-state index in [-0.39, 0.29) is 52.5 Å². The minimum atomic E-state index is -0.460. The summed E-state index contributed by atoms with van der Waals surface area (Å²) >= 11 is 0. The first-order chi connectivity index (χ1) is 11.4. The third-order valence-corrected chi connectivity index (χ3v) is 10.1. The van der Waals surface area contributed by atoms with E-state index in [0.29, 0.717) is 18.0 Å². The summed E-state index contributed by atoms with van der Waals surface area (Å²) in [4.78, 5) is 2.73. The fraction of sp³-hybridized carbons (Fsp3) is 0.900. The molecule has 9 aliphatic rings. The van der Waals surface area contributed by atoms with Gasteiger partial charge in [-0.15, -0.1) is 12.4 Å². The van der Waals surface area contributed by atoms with Crippen LogP contribution in [0.2, 0.25) is 0 Å². The minimum Gasteiger partial charge on any atom is -0.393 e. The van der Waals surface area contributed by atoms with Gasteiger partial charge in [-0.3, -0.25) is 4.90 Å². The lowest BCUT2D eigenvalue weighted by Crippen LogP contribution is -2.67. The van der Waals surface area contributed by atoms with Crippen molar-refractivity contribution in [1.29, 1.82) is 0 Å². The van der Waals surface area contributed by atoms with Crippen LogP contribution in [0.25, 0.3) is 0 Å². The van der Waals surface area contributed by atoms with Crippen LogP contribution in [-0.2, 0) is 0 Å². The molecule has 3 heterocycles. The fourth-order valence-corrected chi connectivity index (χ4v) is 10.7. The van der Waals surface area contributed by atoms with Crippen LogP contribution in [0.1, 0.15) is 32.6 Å². The average molecular weight is 366 g/mol. The Balaban J connectivity index is 0.00000129. The summed E-state index contributed by atoms with van der Waals surface area (Å²) in [7, 11) is 0. The molecule has 0 amide bonds. The molecule has 25 heavy (non-hydrogen) atoms. The van der Waals surface area contributed by atoms with E-state index in [1.54, 1.807) is 0 Å². The summed E-state index contributed by atoms with van der Waals surface area (Å²) in [5.74, 6) is 1.02. The molecule has 4 nitrogen and oxygen atoms in total. The van der Waals surface area contributed by atoms with E-state index in [4.69, 9.17) is 0 Å². The van der Waals surface area contributed by atoms with Crippen molar-refractivity contribution in [2.45, 2.75) is 63.0 Å². The number of fused-ring (bicyclic) bond motifs is 1. The van der Waals surface area contributed by atoms with Gasteiger partial charge in [0, 0.05) is 30.5 Å². The molecule has 0 aromatic heterocycles. The normalized spacial score (nSPS) is 73.0. The van der Waals surface area contributed by atoms with Gasteiger partial charge >= 0.3 is 0 Å². The van der Waals surface area contributed by atoms with Gasteiger partial charge in [-0.25, -0.2) is 0 Å². The Bertz CT molecular complexity index is 715. The van der Waals surface area contributed by atoms with E-state index in [9.17, 15) is 15.3 Å². The Kier molecular flexibility index (Phi) is 2.54. The zero-order chi connectivity index (χ0) is 16.4. The Morgan fingerprint density at radius 2 is 1.84 bits per heavy atom. The van der Waals surface area contributed by atoms with Crippen LogP contribution in [0.3, 0.4) is 0 Å². The number of rotatable bonds is 0. The van der Waals surface area contributed by atoms with Gasteiger partial charge in [0.1, 0.15) is 0 Å². The molecule has 138 valence electrons. The molecule has 6 saturated carbocycles. The lowest BCUT2D eigenvalue weighted by Gasteiger charge is -2.65. The molecular weight excluding hydrogens is 338 g/mol. The number of hydrogen-bond donors (Lipinski definition) is 3. The number of halogens is 1. The summed E-state index contributed by atoms with van der Waals surface area (Å²) in [5, 5.41) is 33.3. The maximum absolute atomic E-state index is 11.3. The predicted molar refractivity (Wildman–Crippen MR) is 94.1 cm³/mol. The Morgan fingerprint density at radius 1 is 1.08 bits per heavy atom. The monoisotopic (exact) mass is 365 g/mol. The van der Waals surface area contributed by atoms with E-state index in [2.05, 4.69) is 18.4 Å². The first kappa shape index (κ1) is 15.9. The second-order valence-corrected chi connectivity index (χ2v) is 10.8. The second kappa shape index (κ2) is 4.00. The van der Waals surface area contributed by atoms with Crippen LogP contribution in [0.5, 0.6) is 0 Å². The molecule has 0 aromatic rings. The summed E-state index contributed by atoms with van der Waals surface area (Å²) in [5.41, 5.74) is 1.37. The largest absolute Gasteiger partial charge is 0.393 e. The molecule has 3 saturated heterocycles. The highest BCUT2D eigenvalue weighted by atomic mass is 35.5. The van der Waals surface area contributed by atoms with Crippen molar-refractivity contribution >= 4 is 12.4 Å². The average Bonchev–Trinajstić information content (AvgIpc) is 2.88. The van der Waals surface area contributed by atoms with Crippen molar-refractivity contribution in [1.82, 2.24) is 4.90 Å². The van der Waals surface area contributed by atoms with Crippen LogP contribution in [0, 0.1) is 39.9 Å². The Labute approximate surface area is 154 Å². The van der Waals surface area contributed by atoms with Crippen molar-refractivity contribution in [3.05, 3.63) is 12.2 Å². The van der Waals surface area contributed by atoms with Crippen LogP contribution in [0.15, 0.2) is 12.2 Å². The van der Waals surface area contributed by atoms with Crippen molar-refractivity contribution in [3.63, 3.8) is 0 Å². The lowest BCUT2D eigenvalue weighted by atomic mass is 9.39. The van der Waals surface area contributed by atoms with Gasteiger partial charge in [-0.05, 0) is 53.8 Å². The minimum absolute atomic E-state index is 0. The Hall–Kier alpha value is -0.130. The highest BCUT2D eigenvalue weighted by Crippen LogP contribution is 2.86. The molecule has 0 radical (unpaired) electrons. The Morgan fingerprint density at radius 3 is 2.60 bits per heavy atom. The summed E-state index contributed by atoms with van der Waals surface area (Å²) in [6.45, 7) is 7.72. The lowest BCUT2D eigenvalue weighted by molar-refractivity contribution is -0.213. The quantitative estimate of drug-likeness (QED) is 0.564. The summed E-state index contributed by atoms with van der Waals surface area (Å²) in [6.07, 6.45) is 2.76. The van der Waals surface area contributed by atoms with Gasteiger partial charge in [0.25, 0.3) is 0 Å². The molecule has 5 heteroatoms. The maximum Gasteiger partial charge on any atom is 0.0679 e. The van der Waals surface area contributed by atoms with Crippen molar-refractivity contribution < 1.29 is 15.3 Å². The third-order valence-electron chi connectivity index (χ3n) is 10.1. The van der Waals surface area contributed by atoms with E-state index >= 15 is 0 Å². The SMILES string of the molecule is C=C1C[C@]23CC4C5[C@@]6(C)CC(O)C[C@]57C(C2C(O)C1C(O)C37)N4C6.Cl. The fourth-order valence-electron chi connectivity index (χ4n) is 10.7. The molecule has 13 atom stereocenters. The van der Waals surface area contributed by atoms with Crippen LogP contribution in [0.4, 0.5) is 0 Å². The van der Waals surface area contributed by atoms with E-state index in [1.807, 2.05) is 0 Å². The van der Waals surface area contributed by atoms with Gasteiger partial charge < -0.3 is 15.3 Å². The predicted octanol–water partition coefficient (Wildman–Crippen LogP) is 1.19. The maximum atomic E-state index is 11.3. The standard InChI is InChI=1S/C20H27NO3.ClH/c1-8-3-19-6-10-15-18(2)4-9(22)5-20(15)16(19)14(24)11(8)13(23)12(19)17(20)21(10)7-18;/h9-17,22-24H,1,3-7H2,2H3;1H/t9?,10?,11?,12?,13?,14?,15?,16?,17?,18-,19-,20-;/m0./s1. The van der Waals surface area contributed by atoms with Gasteiger partial charge in [-0.2, -0.15) is 0 Å². The second-order valence-electron chi connectivity index (χ2n) is 10.8. The van der Waals surface area contributed by atoms with Gasteiger partial charge in [-0.1, -0.05) is 19.1 Å². The zero-order valence-electron chi connectivity index (χ0n) is 14.6. The molecule has 6 aliphatic carbocycles. The number of piperidine rings is 2. The van der Waals surface area contributed by atoms with E-state index in [0.717, 1.165) is 37.8 Å². The molecular formula is C20H28ClNO3. The van der Waals surface area contributed by atoms with Gasteiger partial charge in [0.05, 0.1) is 18.3 Å². The van der Waals surface area contributed by atoms with E-state index < -0.39 is 12.2 Å². The van der Waals surface area contributed by atoms with E-state index in [1.165, 1.54) is 0 Å². The first-order valence-corrected chi connectivity index (χ1v) is 9.83. The zero-order valence-corrected chi connectivity index (χ0v) is 15.5. The van der Waals surface area contributed by atoms with Crippen LogP contribution >= 0.6 is 12.4 Å². The number of aliphatic hydroxyl groups is 3. The molecule has 3 aliphatic heterocycles. The molecule has 9 bridgehead atoms. The van der Waals surface area contributed by atoms with Crippen molar-refractivity contribution in [2.24, 2.45) is 39.9 Å². The third kappa shape index (κ3) is 1.22. The molecule has 9 rings (SSSR count). The summed E-state index contributed by atoms with van der Waals surface area (Å²) in [6, 6.07) is 0.999. The van der Waals surface area contributed by atoms with Gasteiger partial charge in [0.2, 0.25) is 0 Å². The molecule has 10 unspecified atom stereocenters. The topological polar surface area (TPSA) is 63.9 Å². The molecule has 0 aromatic carbocycles. The summed E-state index contributed by atoms with van der Waals surface area (Å²) < 4.78 is 0. The highest BCUT2D eigenvalue weighted by molar-refractivity contribution is 5.85. The van der Waals surface area contributed by atoms with Crippen LogP contribution < -0.4 is 0 Å². The molecule has 9 fully saturated rings. The number of nitrogens with zero attached hydrogens (tertiary/aromatic N) is 1. The number of hydrogen-bond acceptors (Lipinski definition) is 4. The number of aliphatic hydroxyl groups excluding tert-OH is 3. The molecule has 3 N–H and O–H groups in total. The molecule has 2 spiro atoms. The van der Waals surface area contributed by atoms with Crippen molar-refractivity contribution in [2.75, 3.05) is 6.54 Å².